The van der Waals surface area contributed by atoms with Crippen molar-refractivity contribution < 1.29 is 9.00 Å². The van der Waals surface area contributed by atoms with E-state index in [0.29, 0.717) is 16.3 Å². The number of halogens is 1. The highest BCUT2D eigenvalue weighted by Gasteiger charge is 2.20. The van der Waals surface area contributed by atoms with Crippen LogP contribution < -0.4 is 0 Å². The maximum atomic E-state index is 12.0. The molecule has 2 atom stereocenters. The molecule has 0 bridgehead atoms. The second kappa shape index (κ2) is 6.92. The van der Waals surface area contributed by atoms with Crippen molar-refractivity contribution in [3.05, 3.63) is 34.9 Å². The molecular weight excluding hydrogens is 256 g/mol. The van der Waals surface area contributed by atoms with E-state index >= 15 is 0 Å². The van der Waals surface area contributed by atoms with Crippen LogP contribution in [-0.2, 0) is 10.8 Å². The van der Waals surface area contributed by atoms with Crippen molar-refractivity contribution in [1.29, 1.82) is 0 Å². The summed E-state index contributed by atoms with van der Waals surface area (Å²) >= 11 is 5.83. The monoisotopic (exact) mass is 272 g/mol. The third-order valence-corrected chi connectivity index (χ3v) is 4.50. The van der Waals surface area contributed by atoms with Crippen molar-refractivity contribution in [3.8, 4) is 0 Å². The van der Waals surface area contributed by atoms with Gasteiger partial charge in [0.15, 0.2) is 5.78 Å². The largest absolute Gasteiger partial charge is 0.293 e. The molecule has 0 aliphatic carbocycles. The third kappa shape index (κ3) is 4.25. The zero-order chi connectivity index (χ0) is 12.8. The first kappa shape index (κ1) is 14.4. The first-order valence-electron chi connectivity index (χ1n) is 5.73. The van der Waals surface area contributed by atoms with Gasteiger partial charge < -0.3 is 0 Å². The van der Waals surface area contributed by atoms with Crippen LogP contribution in [0.25, 0.3) is 0 Å². The zero-order valence-electron chi connectivity index (χ0n) is 10.1. The second-order valence-electron chi connectivity index (χ2n) is 3.96. The molecule has 1 rings (SSSR count). The number of unbranched alkanes of at least 4 members (excludes halogenated alkanes) is 1. The first-order chi connectivity index (χ1) is 8.06. The average Bonchev–Trinajstić information content (AvgIpc) is 2.34. The zero-order valence-corrected chi connectivity index (χ0v) is 11.7. The molecule has 1 aromatic carbocycles. The van der Waals surface area contributed by atoms with E-state index in [-0.39, 0.29) is 5.78 Å². The topological polar surface area (TPSA) is 34.1 Å². The fourth-order valence-corrected chi connectivity index (χ4v) is 2.95. The minimum Gasteiger partial charge on any atom is -0.293 e. The third-order valence-electron chi connectivity index (χ3n) is 2.57. The Hall–Kier alpha value is -0.670. The molecule has 0 heterocycles. The van der Waals surface area contributed by atoms with Crippen molar-refractivity contribution in [1.82, 2.24) is 0 Å². The maximum absolute atomic E-state index is 12.0. The van der Waals surface area contributed by atoms with Crippen LogP contribution in [0, 0.1) is 0 Å². The molecule has 2 nitrogen and oxygen atoms in total. The number of rotatable bonds is 6. The van der Waals surface area contributed by atoms with E-state index in [4.69, 9.17) is 11.6 Å². The van der Waals surface area contributed by atoms with Crippen molar-refractivity contribution >= 4 is 28.2 Å². The molecule has 0 aliphatic rings. The van der Waals surface area contributed by atoms with Crippen LogP contribution in [0.1, 0.15) is 37.0 Å². The molecule has 0 saturated carbocycles. The Morgan fingerprint density at radius 1 is 1.47 bits per heavy atom. The molecule has 17 heavy (non-hydrogen) atoms. The standard InChI is InChI=1S/C13H17ClO2S/c1-3-4-8-17(16)10(2)13(15)11-6-5-7-12(14)9-11/h5-7,9-10H,3-4,8H2,1-2H3. The summed E-state index contributed by atoms with van der Waals surface area (Å²) < 4.78 is 11.9. The van der Waals surface area contributed by atoms with Gasteiger partial charge in [0.05, 0.1) is 5.25 Å². The molecule has 4 heteroatoms. The lowest BCUT2D eigenvalue weighted by atomic mass is 10.1. The van der Waals surface area contributed by atoms with E-state index in [2.05, 4.69) is 0 Å². The summed E-state index contributed by atoms with van der Waals surface area (Å²) in [6.45, 7) is 3.76. The summed E-state index contributed by atoms with van der Waals surface area (Å²) in [5, 5.41) is 0.0717. The van der Waals surface area contributed by atoms with Gasteiger partial charge in [-0.15, -0.1) is 0 Å². The normalized spacial score (nSPS) is 14.3. The van der Waals surface area contributed by atoms with Crippen molar-refractivity contribution in [3.63, 3.8) is 0 Å². The number of carbonyl (C=O) groups is 1. The molecule has 0 radical (unpaired) electrons. The van der Waals surface area contributed by atoms with E-state index in [1.54, 1.807) is 31.2 Å². The van der Waals surface area contributed by atoms with Gasteiger partial charge in [-0.1, -0.05) is 37.1 Å². The van der Waals surface area contributed by atoms with Gasteiger partial charge in [0.1, 0.15) is 0 Å². The van der Waals surface area contributed by atoms with Crippen LogP contribution in [0.5, 0.6) is 0 Å². The number of Topliss-reactive ketones (excluding diaryl/α,β-unsaturated/α-hetero) is 1. The molecule has 0 N–H and O–H groups in total. The van der Waals surface area contributed by atoms with E-state index < -0.39 is 16.0 Å². The van der Waals surface area contributed by atoms with Crippen molar-refractivity contribution in [2.24, 2.45) is 0 Å². The number of hydrogen-bond acceptors (Lipinski definition) is 2. The lowest BCUT2D eigenvalue weighted by Gasteiger charge is -2.10. The summed E-state index contributed by atoms with van der Waals surface area (Å²) in [6.07, 6.45) is 1.88. The molecule has 0 amide bonds. The highest BCUT2D eigenvalue weighted by atomic mass is 35.5. The lowest BCUT2D eigenvalue weighted by Crippen LogP contribution is -2.24. The van der Waals surface area contributed by atoms with Crippen LogP contribution in [0.2, 0.25) is 5.02 Å². The fraction of sp³-hybridized carbons (Fsp3) is 0.462. The molecule has 1 aromatic rings. The van der Waals surface area contributed by atoms with Gasteiger partial charge in [-0.25, -0.2) is 0 Å². The smallest absolute Gasteiger partial charge is 0.178 e. The molecule has 0 aromatic heterocycles. The quantitative estimate of drug-likeness (QED) is 0.743. The van der Waals surface area contributed by atoms with Gasteiger partial charge in [0.25, 0.3) is 0 Å². The Balaban J connectivity index is 2.72. The van der Waals surface area contributed by atoms with Gasteiger partial charge in [0.2, 0.25) is 0 Å². The summed E-state index contributed by atoms with van der Waals surface area (Å²) in [5.74, 6) is 0.492. The van der Waals surface area contributed by atoms with E-state index in [9.17, 15) is 9.00 Å². The van der Waals surface area contributed by atoms with Crippen molar-refractivity contribution in [2.75, 3.05) is 5.75 Å². The van der Waals surface area contributed by atoms with Crippen LogP contribution in [0.15, 0.2) is 24.3 Å². The van der Waals surface area contributed by atoms with Gasteiger partial charge in [-0.3, -0.25) is 9.00 Å². The number of benzene rings is 1. The van der Waals surface area contributed by atoms with Gasteiger partial charge in [-0.2, -0.15) is 0 Å². The molecule has 0 fully saturated rings. The van der Waals surface area contributed by atoms with E-state index in [1.165, 1.54) is 0 Å². The Morgan fingerprint density at radius 3 is 2.76 bits per heavy atom. The number of hydrogen-bond donors (Lipinski definition) is 0. The van der Waals surface area contributed by atoms with Gasteiger partial charge >= 0.3 is 0 Å². The molecule has 0 spiro atoms. The summed E-state index contributed by atoms with van der Waals surface area (Å²) in [7, 11) is -1.09. The Labute approximate surface area is 110 Å². The van der Waals surface area contributed by atoms with Crippen LogP contribution in [-0.4, -0.2) is 21.0 Å². The Morgan fingerprint density at radius 2 is 2.18 bits per heavy atom. The van der Waals surface area contributed by atoms with E-state index in [1.807, 2.05) is 6.92 Å². The average molecular weight is 273 g/mol. The molecule has 0 aliphatic heterocycles. The van der Waals surface area contributed by atoms with Crippen LogP contribution >= 0.6 is 11.6 Å². The van der Waals surface area contributed by atoms with Gasteiger partial charge in [0, 0.05) is 27.1 Å². The SMILES string of the molecule is CCCCS(=O)C(C)C(=O)c1cccc(Cl)c1. The molecule has 2 unspecified atom stereocenters. The predicted molar refractivity (Wildman–Crippen MR) is 73.2 cm³/mol. The summed E-state index contributed by atoms with van der Waals surface area (Å²) in [5.41, 5.74) is 0.537. The second-order valence-corrected chi connectivity index (χ2v) is 6.27. The van der Waals surface area contributed by atoms with Crippen LogP contribution in [0.3, 0.4) is 0 Å². The summed E-state index contributed by atoms with van der Waals surface area (Å²) in [6, 6.07) is 6.79. The van der Waals surface area contributed by atoms with Gasteiger partial charge in [-0.05, 0) is 25.5 Å². The minimum atomic E-state index is -1.09. The van der Waals surface area contributed by atoms with Crippen LogP contribution in [0.4, 0.5) is 0 Å². The minimum absolute atomic E-state index is 0.0954. The molecular formula is C13H17ClO2S. The Bertz CT molecular complexity index is 418. The fourth-order valence-electron chi connectivity index (χ4n) is 1.46. The van der Waals surface area contributed by atoms with Crippen molar-refractivity contribution in [2.45, 2.75) is 31.9 Å². The first-order valence-corrected chi connectivity index (χ1v) is 7.49. The highest BCUT2D eigenvalue weighted by molar-refractivity contribution is 7.86. The molecule has 94 valence electrons. The highest BCUT2D eigenvalue weighted by Crippen LogP contribution is 2.14. The number of carbonyl (C=O) groups excluding carboxylic acids is 1. The maximum Gasteiger partial charge on any atom is 0.178 e. The summed E-state index contributed by atoms with van der Waals surface area (Å²) in [4.78, 5) is 12.0. The molecule has 0 saturated heterocycles. The lowest BCUT2D eigenvalue weighted by molar-refractivity contribution is 0.0992. The number of ketones is 1. The predicted octanol–water partition coefficient (Wildman–Crippen LogP) is 3.46. The van der Waals surface area contributed by atoms with E-state index in [0.717, 1.165) is 12.8 Å². The Kier molecular flexibility index (Phi) is 5.86.